The van der Waals surface area contributed by atoms with Crippen molar-refractivity contribution in [3.8, 4) is 0 Å². The van der Waals surface area contributed by atoms with E-state index in [1.54, 1.807) is 0 Å². The number of hydrogen-bond donors (Lipinski definition) is 1. The molecule has 0 spiro atoms. The third-order valence-electron chi connectivity index (χ3n) is 3.58. The highest BCUT2D eigenvalue weighted by Crippen LogP contribution is 2.06. The molecule has 0 aliphatic carbocycles. The van der Waals surface area contributed by atoms with Crippen molar-refractivity contribution in [1.82, 2.24) is 15.1 Å². The van der Waals surface area contributed by atoms with Gasteiger partial charge in [-0.2, -0.15) is 0 Å². The van der Waals surface area contributed by atoms with Crippen molar-refractivity contribution < 1.29 is 4.79 Å². The number of nitrogens with one attached hydrogen (secondary N) is 1. The van der Waals surface area contributed by atoms with E-state index < -0.39 is 0 Å². The van der Waals surface area contributed by atoms with Gasteiger partial charge < -0.3 is 5.32 Å². The molecule has 1 amide bonds. The molecule has 1 N–H and O–H groups in total. The van der Waals surface area contributed by atoms with Gasteiger partial charge in [-0.3, -0.25) is 14.6 Å². The van der Waals surface area contributed by atoms with Crippen LogP contribution >= 0.6 is 0 Å². The highest BCUT2D eigenvalue weighted by atomic mass is 16.1. The Morgan fingerprint density at radius 1 is 1.00 bits per heavy atom. The Labute approximate surface area is 125 Å². The Morgan fingerprint density at radius 3 is 1.90 bits per heavy atom. The lowest BCUT2D eigenvalue weighted by Crippen LogP contribution is -2.52. The minimum Gasteiger partial charge on any atom is -0.352 e. The number of piperazine rings is 1. The normalized spacial score (nSPS) is 18.6. The molecule has 1 fully saturated rings. The Hall–Kier alpha value is -0.610. The van der Waals surface area contributed by atoms with Crippen LogP contribution in [0.3, 0.4) is 0 Å². The van der Waals surface area contributed by atoms with Gasteiger partial charge in [0.15, 0.2) is 0 Å². The van der Waals surface area contributed by atoms with Gasteiger partial charge in [0.2, 0.25) is 5.91 Å². The Bertz CT molecular complexity index is 258. The van der Waals surface area contributed by atoms with Crippen molar-refractivity contribution in [2.24, 2.45) is 5.92 Å². The van der Waals surface area contributed by atoms with E-state index in [4.69, 9.17) is 0 Å². The van der Waals surface area contributed by atoms with Crippen LogP contribution in [0.25, 0.3) is 0 Å². The number of nitrogens with zero attached hydrogens (tertiary/aromatic N) is 2. The standard InChI is InChI=1S/C14H29N3O.C2H6/c1-11(2)14(18)15-13(5)10-16-6-8-17(9-7-16)12(3)4;1-2/h11-13H,6-10H2,1-5H3,(H,15,18);1-2H3. The fraction of sp³-hybridized carbons (Fsp3) is 0.938. The van der Waals surface area contributed by atoms with Gasteiger partial charge in [-0.05, 0) is 20.8 Å². The molecule has 1 atom stereocenters. The summed E-state index contributed by atoms with van der Waals surface area (Å²) < 4.78 is 0. The molecule has 0 aromatic heterocycles. The van der Waals surface area contributed by atoms with Crippen LogP contribution in [0.4, 0.5) is 0 Å². The molecule has 0 aromatic carbocycles. The summed E-state index contributed by atoms with van der Waals surface area (Å²) in [7, 11) is 0. The van der Waals surface area contributed by atoms with Gasteiger partial charge in [-0.15, -0.1) is 0 Å². The molecule has 1 unspecified atom stereocenters. The summed E-state index contributed by atoms with van der Waals surface area (Å²) in [6, 6.07) is 0.885. The fourth-order valence-corrected chi connectivity index (χ4v) is 2.30. The second-order valence-electron chi connectivity index (χ2n) is 5.99. The lowest BCUT2D eigenvalue weighted by Gasteiger charge is -2.38. The molecule has 1 aliphatic heterocycles. The van der Waals surface area contributed by atoms with Gasteiger partial charge in [0, 0.05) is 50.7 Å². The van der Waals surface area contributed by atoms with Crippen molar-refractivity contribution >= 4 is 5.91 Å². The molecular formula is C16H35N3O. The molecule has 4 heteroatoms. The van der Waals surface area contributed by atoms with Gasteiger partial charge in [0.1, 0.15) is 0 Å². The Balaban J connectivity index is 0.00000172. The summed E-state index contributed by atoms with van der Waals surface area (Å²) >= 11 is 0. The number of carbonyl (C=O) groups excluding carboxylic acids is 1. The van der Waals surface area contributed by atoms with E-state index in [0.29, 0.717) is 6.04 Å². The predicted molar refractivity (Wildman–Crippen MR) is 86.9 cm³/mol. The predicted octanol–water partition coefficient (Wildman–Crippen LogP) is 2.20. The van der Waals surface area contributed by atoms with E-state index in [-0.39, 0.29) is 17.9 Å². The molecule has 1 aliphatic rings. The smallest absolute Gasteiger partial charge is 0.222 e. The van der Waals surface area contributed by atoms with Crippen molar-refractivity contribution in [1.29, 1.82) is 0 Å². The third-order valence-corrected chi connectivity index (χ3v) is 3.58. The zero-order valence-electron chi connectivity index (χ0n) is 14.6. The number of amides is 1. The fourth-order valence-electron chi connectivity index (χ4n) is 2.30. The lowest BCUT2D eigenvalue weighted by atomic mass is 10.2. The van der Waals surface area contributed by atoms with Gasteiger partial charge in [0.05, 0.1) is 0 Å². The van der Waals surface area contributed by atoms with E-state index in [9.17, 15) is 4.79 Å². The number of rotatable bonds is 5. The molecule has 1 rings (SSSR count). The number of hydrogen-bond acceptors (Lipinski definition) is 3. The molecule has 0 aromatic rings. The van der Waals surface area contributed by atoms with Gasteiger partial charge in [-0.1, -0.05) is 27.7 Å². The minimum atomic E-state index is 0.0743. The van der Waals surface area contributed by atoms with E-state index >= 15 is 0 Å². The first-order valence-corrected chi connectivity index (χ1v) is 8.17. The average molecular weight is 285 g/mol. The van der Waals surface area contributed by atoms with Crippen LogP contribution in [-0.4, -0.2) is 60.5 Å². The molecule has 1 saturated heterocycles. The summed E-state index contributed by atoms with van der Waals surface area (Å²) in [6.45, 7) is 19.9. The third kappa shape index (κ3) is 7.25. The highest BCUT2D eigenvalue weighted by molar-refractivity contribution is 5.78. The quantitative estimate of drug-likeness (QED) is 0.841. The first kappa shape index (κ1) is 19.4. The maximum atomic E-state index is 11.6. The van der Waals surface area contributed by atoms with Gasteiger partial charge in [-0.25, -0.2) is 0 Å². The summed E-state index contributed by atoms with van der Waals surface area (Å²) in [5.74, 6) is 0.230. The summed E-state index contributed by atoms with van der Waals surface area (Å²) in [5.41, 5.74) is 0. The van der Waals surface area contributed by atoms with Crippen LogP contribution < -0.4 is 5.32 Å². The maximum Gasteiger partial charge on any atom is 0.222 e. The Morgan fingerprint density at radius 2 is 1.50 bits per heavy atom. The molecule has 1 heterocycles. The zero-order valence-corrected chi connectivity index (χ0v) is 14.6. The minimum absolute atomic E-state index is 0.0743. The molecule has 120 valence electrons. The Kier molecular flexibility index (Phi) is 9.86. The average Bonchev–Trinajstić information content (AvgIpc) is 2.41. The first-order valence-electron chi connectivity index (χ1n) is 8.17. The molecule has 0 saturated carbocycles. The number of carbonyl (C=O) groups is 1. The van der Waals surface area contributed by atoms with E-state index in [0.717, 1.165) is 32.7 Å². The van der Waals surface area contributed by atoms with Crippen molar-refractivity contribution in [2.45, 2.75) is 60.5 Å². The highest BCUT2D eigenvalue weighted by Gasteiger charge is 2.20. The van der Waals surface area contributed by atoms with Crippen LogP contribution in [0.2, 0.25) is 0 Å². The second kappa shape index (κ2) is 10.2. The molecule has 0 radical (unpaired) electrons. The summed E-state index contributed by atoms with van der Waals surface area (Å²) in [6.07, 6.45) is 0. The van der Waals surface area contributed by atoms with Gasteiger partial charge >= 0.3 is 0 Å². The summed E-state index contributed by atoms with van der Waals surface area (Å²) in [5, 5.41) is 3.07. The molecular weight excluding hydrogens is 250 g/mol. The van der Waals surface area contributed by atoms with E-state index in [2.05, 4.69) is 35.9 Å². The lowest BCUT2D eigenvalue weighted by molar-refractivity contribution is -0.124. The monoisotopic (exact) mass is 285 g/mol. The van der Waals surface area contributed by atoms with Crippen molar-refractivity contribution in [3.63, 3.8) is 0 Å². The van der Waals surface area contributed by atoms with Crippen LogP contribution in [0, 0.1) is 5.92 Å². The van der Waals surface area contributed by atoms with Crippen molar-refractivity contribution in [2.75, 3.05) is 32.7 Å². The van der Waals surface area contributed by atoms with Crippen molar-refractivity contribution in [3.05, 3.63) is 0 Å². The SMILES string of the molecule is CC.CC(CN1CCN(C(C)C)CC1)NC(=O)C(C)C. The van der Waals surface area contributed by atoms with Gasteiger partial charge in [0.25, 0.3) is 0 Å². The topological polar surface area (TPSA) is 35.6 Å². The van der Waals surface area contributed by atoms with Crippen LogP contribution in [0.15, 0.2) is 0 Å². The molecule has 4 nitrogen and oxygen atoms in total. The van der Waals surface area contributed by atoms with Crippen LogP contribution in [0.1, 0.15) is 48.5 Å². The maximum absolute atomic E-state index is 11.6. The molecule has 0 bridgehead atoms. The zero-order chi connectivity index (χ0) is 15.7. The molecule has 20 heavy (non-hydrogen) atoms. The van der Waals surface area contributed by atoms with Crippen LogP contribution in [-0.2, 0) is 4.79 Å². The van der Waals surface area contributed by atoms with Crippen LogP contribution in [0.5, 0.6) is 0 Å². The largest absolute Gasteiger partial charge is 0.352 e. The second-order valence-corrected chi connectivity index (χ2v) is 5.99. The first-order chi connectivity index (χ1) is 9.40. The van der Waals surface area contributed by atoms with E-state index in [1.807, 2.05) is 27.7 Å². The van der Waals surface area contributed by atoms with E-state index in [1.165, 1.54) is 0 Å². The summed E-state index contributed by atoms with van der Waals surface area (Å²) in [4.78, 5) is 16.6.